The van der Waals surface area contributed by atoms with E-state index in [0.29, 0.717) is 17.2 Å². The number of nitrogens with zero attached hydrogens (tertiary/aromatic N) is 1. The monoisotopic (exact) mass is 293 g/mol. The van der Waals surface area contributed by atoms with Crippen LogP contribution in [0, 0.1) is 10.1 Å². The average molecular weight is 293 g/mol. The molecule has 20 heavy (non-hydrogen) atoms. The molecule has 0 bridgehead atoms. The molecule has 0 atom stereocenters. The van der Waals surface area contributed by atoms with Crippen LogP contribution in [-0.4, -0.2) is 18.0 Å². The molecular weight excluding hydrogens is 282 g/mol. The molecule has 0 N–H and O–H groups in total. The van der Waals surface area contributed by atoms with E-state index in [0.717, 1.165) is 4.88 Å². The van der Waals surface area contributed by atoms with Crippen LogP contribution in [-0.2, 0) is 11.3 Å². The van der Waals surface area contributed by atoms with Crippen molar-refractivity contribution in [3.63, 3.8) is 0 Å². The summed E-state index contributed by atoms with van der Waals surface area (Å²) in [7, 11) is 1.33. The van der Waals surface area contributed by atoms with Crippen molar-refractivity contribution >= 4 is 23.0 Å². The van der Waals surface area contributed by atoms with E-state index in [1.807, 2.05) is 0 Å². The zero-order valence-electron chi connectivity index (χ0n) is 10.6. The Bertz CT molecular complexity index is 620. The maximum Gasteiger partial charge on any atom is 0.348 e. The molecule has 0 aliphatic heterocycles. The summed E-state index contributed by atoms with van der Waals surface area (Å²) in [5.74, 6) is 0.153. The second-order valence-electron chi connectivity index (χ2n) is 3.80. The molecule has 0 fully saturated rings. The topological polar surface area (TPSA) is 78.7 Å². The molecule has 1 aromatic heterocycles. The summed E-state index contributed by atoms with van der Waals surface area (Å²) >= 11 is 1.29. The third-order valence-corrected chi connectivity index (χ3v) is 3.52. The van der Waals surface area contributed by atoms with Gasteiger partial charge in [-0.25, -0.2) is 4.79 Å². The number of ether oxygens (including phenoxy) is 2. The molecule has 2 rings (SSSR count). The van der Waals surface area contributed by atoms with Gasteiger partial charge in [-0.05, 0) is 24.3 Å². The summed E-state index contributed by atoms with van der Waals surface area (Å²) in [5.41, 5.74) is 0.0152. The molecule has 0 aliphatic rings. The van der Waals surface area contributed by atoms with Crippen LogP contribution in [0.5, 0.6) is 5.75 Å². The number of thiophene rings is 1. The molecule has 0 amide bonds. The number of hydrogen-bond acceptors (Lipinski definition) is 6. The van der Waals surface area contributed by atoms with Crippen molar-refractivity contribution in [1.82, 2.24) is 0 Å². The summed E-state index contributed by atoms with van der Waals surface area (Å²) in [5, 5.41) is 10.5. The first-order valence-corrected chi connectivity index (χ1v) is 6.46. The summed E-state index contributed by atoms with van der Waals surface area (Å²) in [6.07, 6.45) is 0. The number of hydrogen-bond donors (Lipinski definition) is 0. The lowest BCUT2D eigenvalue weighted by molar-refractivity contribution is -0.384. The second-order valence-corrected chi connectivity index (χ2v) is 4.97. The van der Waals surface area contributed by atoms with E-state index in [-0.39, 0.29) is 11.7 Å². The molecule has 7 heteroatoms. The van der Waals surface area contributed by atoms with E-state index in [1.165, 1.54) is 42.7 Å². The lowest BCUT2D eigenvalue weighted by Gasteiger charge is -2.03. The van der Waals surface area contributed by atoms with Crippen molar-refractivity contribution in [3.8, 4) is 5.75 Å². The Kier molecular flexibility index (Phi) is 4.31. The number of carbonyl (C=O) groups is 1. The van der Waals surface area contributed by atoms with Crippen molar-refractivity contribution in [3.05, 3.63) is 56.3 Å². The van der Waals surface area contributed by atoms with Crippen LogP contribution in [0.2, 0.25) is 0 Å². The van der Waals surface area contributed by atoms with Crippen LogP contribution >= 0.6 is 11.3 Å². The smallest absolute Gasteiger partial charge is 0.348 e. The Balaban J connectivity index is 1.96. The molecule has 6 nitrogen and oxygen atoms in total. The van der Waals surface area contributed by atoms with Gasteiger partial charge < -0.3 is 9.47 Å². The summed E-state index contributed by atoms with van der Waals surface area (Å²) in [6.45, 7) is 0.291. The van der Waals surface area contributed by atoms with Crippen molar-refractivity contribution < 1.29 is 19.2 Å². The highest BCUT2D eigenvalue weighted by Crippen LogP contribution is 2.21. The van der Waals surface area contributed by atoms with E-state index in [9.17, 15) is 14.9 Å². The average Bonchev–Trinajstić information content (AvgIpc) is 2.93. The lowest BCUT2D eigenvalue weighted by Crippen LogP contribution is -1.97. The van der Waals surface area contributed by atoms with Gasteiger partial charge in [-0.3, -0.25) is 10.1 Å². The van der Waals surface area contributed by atoms with Gasteiger partial charge in [0, 0.05) is 17.0 Å². The van der Waals surface area contributed by atoms with Gasteiger partial charge in [0.1, 0.15) is 17.2 Å². The van der Waals surface area contributed by atoms with Gasteiger partial charge in [0.2, 0.25) is 0 Å². The maximum atomic E-state index is 11.3. The highest BCUT2D eigenvalue weighted by atomic mass is 32.1. The van der Waals surface area contributed by atoms with Crippen molar-refractivity contribution in [2.75, 3.05) is 7.11 Å². The van der Waals surface area contributed by atoms with Crippen LogP contribution in [0.1, 0.15) is 14.5 Å². The number of carbonyl (C=O) groups excluding carboxylic acids is 1. The predicted molar refractivity (Wildman–Crippen MR) is 73.1 cm³/mol. The van der Waals surface area contributed by atoms with Gasteiger partial charge in [-0.15, -0.1) is 11.3 Å². The van der Waals surface area contributed by atoms with E-state index in [2.05, 4.69) is 4.74 Å². The maximum absolute atomic E-state index is 11.3. The minimum absolute atomic E-state index is 0.0152. The fraction of sp³-hybridized carbons (Fsp3) is 0.154. The number of rotatable bonds is 5. The van der Waals surface area contributed by atoms with E-state index in [1.54, 1.807) is 12.1 Å². The van der Waals surface area contributed by atoms with Gasteiger partial charge in [0.15, 0.2) is 0 Å². The SMILES string of the molecule is COC(=O)c1ccc(COc2ccc([N+](=O)[O-])cc2)s1. The number of non-ortho nitro benzene ring substituents is 1. The number of nitro benzene ring substituents is 1. The standard InChI is InChI=1S/C13H11NO5S/c1-18-13(15)12-7-6-11(20-12)8-19-10-4-2-9(3-5-10)14(16)17/h2-7H,8H2,1H3. The first-order valence-electron chi connectivity index (χ1n) is 5.64. The van der Waals surface area contributed by atoms with Crippen LogP contribution in [0.15, 0.2) is 36.4 Å². The third kappa shape index (κ3) is 3.33. The van der Waals surface area contributed by atoms with Crippen molar-refractivity contribution in [2.24, 2.45) is 0 Å². The largest absolute Gasteiger partial charge is 0.488 e. The fourth-order valence-electron chi connectivity index (χ4n) is 1.48. The zero-order chi connectivity index (χ0) is 14.5. The third-order valence-electron chi connectivity index (χ3n) is 2.48. The fourth-order valence-corrected chi connectivity index (χ4v) is 2.32. The van der Waals surface area contributed by atoms with Gasteiger partial charge in [-0.1, -0.05) is 0 Å². The molecule has 0 unspecified atom stereocenters. The Labute approximate surface area is 118 Å². The molecular formula is C13H11NO5S. The number of benzene rings is 1. The predicted octanol–water partition coefficient (Wildman–Crippen LogP) is 3.02. The van der Waals surface area contributed by atoms with Crippen LogP contribution in [0.25, 0.3) is 0 Å². The minimum atomic E-state index is -0.467. The van der Waals surface area contributed by atoms with Crippen LogP contribution < -0.4 is 4.74 Å². The second kappa shape index (κ2) is 6.16. The number of esters is 1. The van der Waals surface area contributed by atoms with Crippen LogP contribution in [0.3, 0.4) is 0 Å². The van der Waals surface area contributed by atoms with Crippen molar-refractivity contribution in [2.45, 2.75) is 6.61 Å². The Hall–Kier alpha value is -2.41. The molecule has 104 valence electrons. The van der Waals surface area contributed by atoms with Gasteiger partial charge in [0.05, 0.1) is 12.0 Å². The van der Waals surface area contributed by atoms with Crippen LogP contribution in [0.4, 0.5) is 5.69 Å². The first-order chi connectivity index (χ1) is 9.60. The molecule has 0 saturated carbocycles. The zero-order valence-corrected chi connectivity index (χ0v) is 11.4. The molecule has 0 spiro atoms. The molecule has 1 heterocycles. The summed E-state index contributed by atoms with van der Waals surface area (Å²) < 4.78 is 10.1. The molecule has 0 aliphatic carbocycles. The van der Waals surface area contributed by atoms with E-state index >= 15 is 0 Å². The minimum Gasteiger partial charge on any atom is -0.488 e. The summed E-state index contributed by atoms with van der Waals surface area (Å²) in [6, 6.07) is 9.28. The van der Waals surface area contributed by atoms with Crippen molar-refractivity contribution in [1.29, 1.82) is 0 Å². The van der Waals surface area contributed by atoms with Gasteiger partial charge in [0.25, 0.3) is 5.69 Å². The molecule has 2 aromatic rings. The van der Waals surface area contributed by atoms with E-state index < -0.39 is 4.92 Å². The molecule has 0 saturated heterocycles. The Morgan fingerprint density at radius 2 is 1.95 bits per heavy atom. The lowest BCUT2D eigenvalue weighted by atomic mass is 10.3. The first kappa shape index (κ1) is 14.0. The molecule has 1 aromatic carbocycles. The normalized spacial score (nSPS) is 10.1. The van der Waals surface area contributed by atoms with E-state index in [4.69, 9.17) is 4.74 Å². The highest BCUT2D eigenvalue weighted by Gasteiger charge is 2.09. The van der Waals surface area contributed by atoms with Gasteiger partial charge >= 0.3 is 5.97 Å². The number of nitro groups is 1. The summed E-state index contributed by atoms with van der Waals surface area (Å²) in [4.78, 5) is 22.7. The number of methoxy groups -OCH3 is 1. The Morgan fingerprint density at radius 1 is 1.25 bits per heavy atom. The quantitative estimate of drug-likeness (QED) is 0.481. The Morgan fingerprint density at radius 3 is 2.55 bits per heavy atom. The molecule has 0 radical (unpaired) electrons. The highest BCUT2D eigenvalue weighted by molar-refractivity contribution is 7.13. The van der Waals surface area contributed by atoms with Gasteiger partial charge in [-0.2, -0.15) is 0 Å².